The van der Waals surface area contributed by atoms with Crippen molar-refractivity contribution in [2.24, 2.45) is 5.41 Å². The lowest BCUT2D eigenvalue weighted by Gasteiger charge is -2.17. The van der Waals surface area contributed by atoms with Crippen LogP contribution >= 0.6 is 0 Å². The summed E-state index contributed by atoms with van der Waals surface area (Å²) in [5.74, 6) is 0.587. The Hall–Kier alpha value is -1.24. The molecule has 1 aromatic rings. The lowest BCUT2D eigenvalue weighted by molar-refractivity contribution is 0.268. The summed E-state index contributed by atoms with van der Waals surface area (Å²) in [5, 5.41) is 10.3. The second-order valence-corrected chi connectivity index (χ2v) is 5.96. The van der Waals surface area contributed by atoms with Crippen molar-refractivity contribution in [2.75, 3.05) is 0 Å². The zero-order chi connectivity index (χ0) is 12.8. The molecule has 1 N–H and O–H groups in total. The average molecular weight is 230 g/mol. The van der Waals surface area contributed by atoms with Gasteiger partial charge in [0.1, 0.15) is 5.76 Å². The summed E-state index contributed by atoms with van der Waals surface area (Å²) >= 11 is 0. The molecule has 1 aliphatic rings. The van der Waals surface area contributed by atoms with Gasteiger partial charge in [0.25, 0.3) is 0 Å². The normalized spacial score (nSPS) is 18.9. The van der Waals surface area contributed by atoms with Crippen molar-refractivity contribution in [3.05, 3.63) is 40.1 Å². The van der Waals surface area contributed by atoms with Crippen molar-refractivity contribution >= 4 is 5.57 Å². The van der Waals surface area contributed by atoms with Crippen molar-refractivity contribution < 1.29 is 5.11 Å². The third kappa shape index (κ3) is 1.99. The van der Waals surface area contributed by atoms with E-state index in [0.29, 0.717) is 5.76 Å². The monoisotopic (exact) mass is 230 g/mol. The number of hydrogen-bond donors (Lipinski definition) is 1. The van der Waals surface area contributed by atoms with Crippen LogP contribution in [0.2, 0.25) is 0 Å². The van der Waals surface area contributed by atoms with Gasteiger partial charge in [-0.05, 0) is 61.4 Å². The minimum atomic E-state index is -0.0550. The molecule has 0 saturated carbocycles. The van der Waals surface area contributed by atoms with Gasteiger partial charge in [0.05, 0.1) is 0 Å². The van der Waals surface area contributed by atoms with E-state index < -0.39 is 0 Å². The first-order valence-corrected chi connectivity index (χ1v) is 6.34. The van der Waals surface area contributed by atoms with Crippen molar-refractivity contribution in [3.63, 3.8) is 0 Å². The van der Waals surface area contributed by atoms with Crippen molar-refractivity contribution in [1.29, 1.82) is 0 Å². The fourth-order valence-corrected chi connectivity index (χ4v) is 2.63. The van der Waals surface area contributed by atoms with Crippen LogP contribution in [0.4, 0.5) is 0 Å². The van der Waals surface area contributed by atoms with E-state index in [1.54, 1.807) is 0 Å². The minimum Gasteiger partial charge on any atom is -0.511 e. The van der Waals surface area contributed by atoms with Crippen LogP contribution < -0.4 is 0 Å². The molecule has 0 bridgehead atoms. The van der Waals surface area contributed by atoms with Crippen molar-refractivity contribution in [1.82, 2.24) is 0 Å². The molecule has 0 unspecified atom stereocenters. The van der Waals surface area contributed by atoms with Gasteiger partial charge >= 0.3 is 0 Å². The minimum absolute atomic E-state index is 0.0550. The maximum atomic E-state index is 10.3. The Labute approximate surface area is 104 Å². The molecule has 0 amide bonds. The second kappa shape index (κ2) is 3.90. The molecule has 1 aliphatic carbocycles. The molecule has 17 heavy (non-hydrogen) atoms. The van der Waals surface area contributed by atoms with E-state index in [0.717, 1.165) is 18.4 Å². The van der Waals surface area contributed by atoms with Crippen molar-refractivity contribution in [3.8, 4) is 0 Å². The Morgan fingerprint density at radius 3 is 2.12 bits per heavy atom. The lowest BCUT2D eigenvalue weighted by atomic mass is 9.91. The maximum Gasteiger partial charge on any atom is 0.102 e. The highest BCUT2D eigenvalue weighted by molar-refractivity contribution is 5.73. The van der Waals surface area contributed by atoms with E-state index in [2.05, 4.69) is 46.8 Å². The number of hydrogen-bond acceptors (Lipinski definition) is 1. The first-order chi connectivity index (χ1) is 7.83. The molecular formula is C16H22O. The summed E-state index contributed by atoms with van der Waals surface area (Å²) in [7, 11) is 0. The van der Waals surface area contributed by atoms with E-state index in [9.17, 15) is 5.11 Å². The summed E-state index contributed by atoms with van der Waals surface area (Å²) < 4.78 is 0. The number of aliphatic hydroxyl groups is 1. The van der Waals surface area contributed by atoms with Gasteiger partial charge in [-0.1, -0.05) is 26.0 Å². The van der Waals surface area contributed by atoms with Crippen LogP contribution in [0, 0.1) is 26.2 Å². The molecule has 0 spiro atoms. The summed E-state index contributed by atoms with van der Waals surface area (Å²) in [6.45, 7) is 10.6. The third-order valence-electron chi connectivity index (χ3n) is 4.09. The lowest BCUT2D eigenvalue weighted by Crippen LogP contribution is -2.09. The van der Waals surface area contributed by atoms with Gasteiger partial charge in [0.15, 0.2) is 0 Å². The fraction of sp³-hybridized carbons (Fsp3) is 0.500. The quantitative estimate of drug-likeness (QED) is 0.741. The molecule has 0 saturated heterocycles. The fourth-order valence-electron chi connectivity index (χ4n) is 2.63. The molecule has 92 valence electrons. The Morgan fingerprint density at radius 1 is 1.00 bits per heavy atom. The molecule has 0 heterocycles. The Balaban J connectivity index is 2.56. The molecule has 1 heteroatoms. The van der Waals surface area contributed by atoms with Crippen LogP contribution in [0.15, 0.2) is 17.9 Å². The Morgan fingerprint density at radius 2 is 1.59 bits per heavy atom. The molecular weight excluding hydrogens is 208 g/mol. The number of benzene rings is 1. The van der Waals surface area contributed by atoms with Crippen LogP contribution in [0.25, 0.3) is 5.57 Å². The summed E-state index contributed by atoms with van der Waals surface area (Å²) in [4.78, 5) is 0. The molecule has 2 rings (SSSR count). The number of aliphatic hydroxyl groups excluding tert-OH is 1. The number of allylic oxidation sites excluding steroid dienone is 2. The standard InChI is InChI=1S/C16H22O/c1-10-8-12(3)14(9-11(10)2)13-6-7-16(4,5)15(13)17/h8-9,17H,6-7H2,1-5H3. The van der Waals surface area contributed by atoms with E-state index >= 15 is 0 Å². The van der Waals surface area contributed by atoms with Gasteiger partial charge in [0, 0.05) is 5.41 Å². The zero-order valence-corrected chi connectivity index (χ0v) is 11.5. The first kappa shape index (κ1) is 12.2. The SMILES string of the molecule is Cc1cc(C)c(C2=C(O)C(C)(C)CC2)cc1C. The Kier molecular flexibility index (Phi) is 2.81. The van der Waals surface area contributed by atoms with Crippen molar-refractivity contribution in [2.45, 2.75) is 47.5 Å². The van der Waals surface area contributed by atoms with Crippen LogP contribution in [0.3, 0.4) is 0 Å². The summed E-state index contributed by atoms with van der Waals surface area (Å²) in [6, 6.07) is 4.44. The van der Waals surface area contributed by atoms with Gasteiger partial charge in [0.2, 0.25) is 0 Å². The average Bonchev–Trinajstić information content (AvgIpc) is 2.49. The smallest absolute Gasteiger partial charge is 0.102 e. The summed E-state index contributed by atoms with van der Waals surface area (Å²) in [6.07, 6.45) is 2.03. The molecule has 0 fully saturated rings. The number of aryl methyl sites for hydroxylation is 3. The molecule has 0 aliphatic heterocycles. The predicted octanol–water partition coefficient (Wildman–Crippen LogP) is 4.70. The highest BCUT2D eigenvalue weighted by Gasteiger charge is 2.33. The topological polar surface area (TPSA) is 20.2 Å². The van der Waals surface area contributed by atoms with Crippen LogP contribution in [0.1, 0.15) is 48.9 Å². The molecule has 0 atom stereocenters. The van der Waals surface area contributed by atoms with Crippen LogP contribution in [-0.2, 0) is 0 Å². The van der Waals surface area contributed by atoms with Gasteiger partial charge < -0.3 is 5.11 Å². The largest absolute Gasteiger partial charge is 0.511 e. The highest BCUT2D eigenvalue weighted by Crippen LogP contribution is 2.45. The molecule has 0 aromatic heterocycles. The highest BCUT2D eigenvalue weighted by atomic mass is 16.3. The maximum absolute atomic E-state index is 10.3. The molecule has 1 aromatic carbocycles. The van der Waals surface area contributed by atoms with Gasteiger partial charge in [-0.15, -0.1) is 0 Å². The van der Waals surface area contributed by atoms with Gasteiger partial charge in [-0.25, -0.2) is 0 Å². The van der Waals surface area contributed by atoms with Crippen LogP contribution in [0.5, 0.6) is 0 Å². The van der Waals surface area contributed by atoms with Crippen LogP contribution in [-0.4, -0.2) is 5.11 Å². The van der Waals surface area contributed by atoms with E-state index in [-0.39, 0.29) is 5.41 Å². The van der Waals surface area contributed by atoms with Gasteiger partial charge in [-0.3, -0.25) is 0 Å². The van der Waals surface area contributed by atoms with Gasteiger partial charge in [-0.2, -0.15) is 0 Å². The first-order valence-electron chi connectivity index (χ1n) is 6.34. The Bertz CT molecular complexity index is 492. The van der Waals surface area contributed by atoms with E-state index in [4.69, 9.17) is 0 Å². The van der Waals surface area contributed by atoms with E-state index in [1.807, 2.05) is 0 Å². The third-order valence-corrected chi connectivity index (χ3v) is 4.09. The predicted molar refractivity (Wildman–Crippen MR) is 73.2 cm³/mol. The number of rotatable bonds is 1. The molecule has 0 radical (unpaired) electrons. The summed E-state index contributed by atoms with van der Waals surface area (Å²) in [5.41, 5.74) is 6.22. The second-order valence-electron chi connectivity index (χ2n) is 5.96. The zero-order valence-electron chi connectivity index (χ0n) is 11.5. The molecule has 1 nitrogen and oxygen atoms in total. The van der Waals surface area contributed by atoms with E-state index in [1.165, 1.54) is 22.3 Å².